The fourth-order valence-electron chi connectivity index (χ4n) is 1.54. The van der Waals surface area contributed by atoms with Crippen molar-refractivity contribution in [2.75, 3.05) is 13.7 Å². The number of carbonyl (C=O) groups is 2. The fraction of sp³-hybridized carbons (Fsp3) is 0.533. The Kier molecular flexibility index (Phi) is 6.39. The molecule has 0 spiro atoms. The van der Waals surface area contributed by atoms with E-state index in [0.717, 1.165) is 11.3 Å². The number of rotatable bonds is 5. The lowest BCUT2D eigenvalue weighted by Gasteiger charge is -2.21. The summed E-state index contributed by atoms with van der Waals surface area (Å²) in [5.74, 6) is -0.590. The number of nitrogens with zero attached hydrogens (tertiary/aromatic N) is 1. The second-order valence-corrected chi connectivity index (χ2v) is 6.78. The number of methoxy groups -OCH3 is 1. The molecule has 1 heterocycles. The molecule has 126 valence electrons. The second kappa shape index (κ2) is 7.83. The lowest BCUT2D eigenvalue weighted by molar-refractivity contribution is 0.0494. The maximum atomic E-state index is 11.6. The van der Waals surface area contributed by atoms with Crippen molar-refractivity contribution < 1.29 is 23.8 Å². The van der Waals surface area contributed by atoms with Crippen molar-refractivity contribution in [2.24, 2.45) is 0 Å². The number of hydrogen-bond acceptors (Lipinski definition) is 7. The predicted molar refractivity (Wildman–Crippen MR) is 84.7 cm³/mol. The monoisotopic (exact) mass is 340 g/mol. The van der Waals surface area contributed by atoms with Crippen molar-refractivity contribution in [2.45, 2.75) is 39.3 Å². The summed E-state index contributed by atoms with van der Waals surface area (Å²) in [5, 5.41) is 12.0. The maximum absolute atomic E-state index is 11.6. The average Bonchev–Trinajstić information content (AvgIpc) is 2.85. The Bertz CT molecular complexity index is 612. The second-order valence-electron chi connectivity index (χ2n) is 5.77. The lowest BCUT2D eigenvalue weighted by Crippen LogP contribution is -2.40. The van der Waals surface area contributed by atoms with Gasteiger partial charge in [0.1, 0.15) is 23.2 Å². The number of thiophene rings is 1. The number of carbonyl (C=O) groups excluding carboxylic acids is 2. The molecule has 1 rings (SSSR count). The molecule has 1 N–H and O–H groups in total. The summed E-state index contributed by atoms with van der Waals surface area (Å²) in [4.78, 5) is 23.4. The third-order valence-electron chi connectivity index (χ3n) is 2.46. The molecular formula is C15H20N2O5S. The van der Waals surface area contributed by atoms with Crippen LogP contribution in [0.25, 0.3) is 0 Å². The van der Waals surface area contributed by atoms with Gasteiger partial charge in [0.2, 0.25) is 0 Å². The van der Waals surface area contributed by atoms with Gasteiger partial charge in [0.15, 0.2) is 5.06 Å². The fourth-order valence-corrected chi connectivity index (χ4v) is 2.34. The molecule has 0 saturated heterocycles. The van der Waals surface area contributed by atoms with Gasteiger partial charge in [0.05, 0.1) is 18.7 Å². The Hall–Kier alpha value is -2.27. The quantitative estimate of drug-likeness (QED) is 0.828. The summed E-state index contributed by atoms with van der Waals surface area (Å²) >= 11 is 1.05. The van der Waals surface area contributed by atoms with Crippen LogP contribution in [0.4, 0.5) is 4.79 Å². The zero-order valence-electron chi connectivity index (χ0n) is 13.8. The molecule has 1 aromatic rings. The van der Waals surface area contributed by atoms with E-state index in [-0.39, 0.29) is 23.1 Å². The molecule has 8 heteroatoms. The highest BCUT2D eigenvalue weighted by atomic mass is 32.1. The molecule has 0 unspecified atom stereocenters. The summed E-state index contributed by atoms with van der Waals surface area (Å²) in [5.41, 5.74) is -0.405. The van der Waals surface area contributed by atoms with Gasteiger partial charge in [-0.05, 0) is 27.7 Å². The average molecular weight is 340 g/mol. The molecule has 0 bridgehead atoms. The molecule has 0 aliphatic carbocycles. The Morgan fingerprint density at radius 1 is 1.43 bits per heavy atom. The van der Waals surface area contributed by atoms with Crippen molar-refractivity contribution in [3.8, 4) is 11.1 Å². The van der Waals surface area contributed by atoms with Crippen LogP contribution in [0.5, 0.6) is 5.06 Å². The molecule has 1 amide bonds. The molecule has 23 heavy (non-hydrogen) atoms. The minimum Gasteiger partial charge on any atom is -0.482 e. The summed E-state index contributed by atoms with van der Waals surface area (Å²) in [7, 11) is 1.24. The zero-order valence-corrected chi connectivity index (χ0v) is 14.6. The van der Waals surface area contributed by atoms with Crippen molar-refractivity contribution in [3.63, 3.8) is 0 Å². The van der Waals surface area contributed by atoms with Gasteiger partial charge in [-0.25, -0.2) is 9.59 Å². The number of ether oxygens (including phenoxy) is 3. The first-order chi connectivity index (χ1) is 10.7. The molecule has 0 aromatic carbocycles. The van der Waals surface area contributed by atoms with Crippen LogP contribution < -0.4 is 10.1 Å². The molecule has 7 nitrogen and oxygen atoms in total. The van der Waals surface area contributed by atoms with E-state index in [1.165, 1.54) is 13.2 Å². The normalized spacial score (nSPS) is 12.0. The maximum Gasteiger partial charge on any atom is 0.407 e. The number of hydrogen-bond donors (Lipinski definition) is 1. The molecular weight excluding hydrogens is 320 g/mol. The van der Waals surface area contributed by atoms with Crippen LogP contribution in [0.2, 0.25) is 0 Å². The summed E-state index contributed by atoms with van der Waals surface area (Å²) in [6, 6.07) is 3.07. The van der Waals surface area contributed by atoms with Gasteiger partial charge < -0.3 is 19.5 Å². The first-order valence-electron chi connectivity index (χ1n) is 6.91. The van der Waals surface area contributed by atoms with Gasteiger partial charge >= 0.3 is 12.1 Å². The first-order valence-corrected chi connectivity index (χ1v) is 7.72. The number of alkyl carbamates (subject to hydrolysis) is 1. The highest BCUT2D eigenvalue weighted by Gasteiger charge is 2.20. The zero-order chi connectivity index (χ0) is 17.6. The van der Waals surface area contributed by atoms with E-state index in [1.807, 2.05) is 6.07 Å². The molecule has 0 fully saturated rings. The van der Waals surface area contributed by atoms with Crippen LogP contribution in [-0.2, 0) is 9.47 Å². The van der Waals surface area contributed by atoms with Gasteiger partial charge in [0, 0.05) is 6.07 Å². The van der Waals surface area contributed by atoms with Crippen LogP contribution in [0, 0.1) is 11.3 Å². The standard InChI is InChI=1S/C15H20N2O5S/c1-9(17-14(19)22-15(2,3)4)8-21-12-6-10(13(18)20-5)11(7-16)23-12/h6,9H,8H2,1-5H3,(H,17,19)/t9-/m0/s1. The van der Waals surface area contributed by atoms with Crippen molar-refractivity contribution >= 4 is 23.4 Å². The van der Waals surface area contributed by atoms with Crippen LogP contribution >= 0.6 is 11.3 Å². The van der Waals surface area contributed by atoms with Crippen LogP contribution in [0.15, 0.2) is 6.07 Å². The Labute approximate surface area is 139 Å². The third kappa shape index (κ3) is 6.16. The number of nitriles is 1. The Morgan fingerprint density at radius 3 is 2.61 bits per heavy atom. The first kappa shape index (κ1) is 18.8. The van der Waals surface area contributed by atoms with Crippen LogP contribution in [0.1, 0.15) is 42.9 Å². The summed E-state index contributed by atoms with van der Waals surface area (Å²) in [6.45, 7) is 7.25. The Balaban J connectivity index is 2.58. The molecule has 1 atom stereocenters. The third-order valence-corrected chi connectivity index (χ3v) is 3.41. The molecule has 0 aliphatic heterocycles. The smallest absolute Gasteiger partial charge is 0.407 e. The van der Waals surface area contributed by atoms with Crippen molar-refractivity contribution in [1.82, 2.24) is 5.32 Å². The van der Waals surface area contributed by atoms with Crippen LogP contribution in [-0.4, -0.2) is 37.4 Å². The minimum absolute atomic E-state index is 0.169. The SMILES string of the molecule is COC(=O)c1cc(OC[C@H](C)NC(=O)OC(C)(C)C)sc1C#N. The molecule has 0 aliphatic rings. The van der Waals surface area contributed by atoms with E-state index in [2.05, 4.69) is 10.1 Å². The summed E-state index contributed by atoms with van der Waals surface area (Å²) in [6.07, 6.45) is -0.534. The number of amides is 1. The van der Waals surface area contributed by atoms with E-state index in [4.69, 9.17) is 14.7 Å². The van der Waals surface area contributed by atoms with Gasteiger partial charge in [-0.2, -0.15) is 5.26 Å². The highest BCUT2D eigenvalue weighted by molar-refractivity contribution is 7.14. The lowest BCUT2D eigenvalue weighted by atomic mass is 10.2. The van der Waals surface area contributed by atoms with Gasteiger partial charge in [-0.15, -0.1) is 0 Å². The largest absolute Gasteiger partial charge is 0.482 e. The van der Waals surface area contributed by atoms with E-state index < -0.39 is 17.7 Å². The minimum atomic E-state index is -0.590. The molecule has 1 aromatic heterocycles. The van der Waals surface area contributed by atoms with Gasteiger partial charge in [-0.3, -0.25) is 0 Å². The van der Waals surface area contributed by atoms with E-state index in [1.54, 1.807) is 27.7 Å². The van der Waals surface area contributed by atoms with Crippen molar-refractivity contribution in [3.05, 3.63) is 16.5 Å². The number of esters is 1. The Morgan fingerprint density at radius 2 is 2.09 bits per heavy atom. The van der Waals surface area contributed by atoms with E-state index in [0.29, 0.717) is 5.06 Å². The summed E-state index contributed by atoms with van der Waals surface area (Å²) < 4.78 is 15.2. The van der Waals surface area contributed by atoms with Crippen LogP contribution in [0.3, 0.4) is 0 Å². The molecule has 0 radical (unpaired) electrons. The molecule has 0 saturated carbocycles. The number of nitrogens with one attached hydrogen (secondary N) is 1. The van der Waals surface area contributed by atoms with E-state index >= 15 is 0 Å². The van der Waals surface area contributed by atoms with E-state index in [9.17, 15) is 9.59 Å². The topological polar surface area (TPSA) is 97.7 Å². The predicted octanol–water partition coefficient (Wildman–Crippen LogP) is 2.70. The van der Waals surface area contributed by atoms with Gasteiger partial charge in [-0.1, -0.05) is 11.3 Å². The van der Waals surface area contributed by atoms with Gasteiger partial charge in [0.25, 0.3) is 0 Å². The van der Waals surface area contributed by atoms with Crippen molar-refractivity contribution in [1.29, 1.82) is 5.26 Å². The highest BCUT2D eigenvalue weighted by Crippen LogP contribution is 2.29.